The Morgan fingerprint density at radius 2 is 2.05 bits per heavy atom. The Morgan fingerprint density at radius 3 is 2.90 bits per heavy atom. The minimum absolute atomic E-state index is 0.0663. The van der Waals surface area contributed by atoms with Crippen molar-refractivity contribution in [1.29, 1.82) is 0 Å². The van der Waals surface area contributed by atoms with Gasteiger partial charge in [0.2, 0.25) is 5.95 Å². The van der Waals surface area contributed by atoms with Crippen LogP contribution in [0.4, 0.5) is 5.95 Å². The number of hydrogen-bond donors (Lipinski definition) is 1. The molecule has 0 saturated heterocycles. The molecule has 21 heavy (non-hydrogen) atoms. The van der Waals surface area contributed by atoms with Crippen molar-refractivity contribution in [3.8, 4) is 0 Å². The first kappa shape index (κ1) is 12.6. The summed E-state index contributed by atoms with van der Waals surface area (Å²) >= 11 is 0. The summed E-state index contributed by atoms with van der Waals surface area (Å²) in [7, 11) is 0. The van der Waals surface area contributed by atoms with Crippen molar-refractivity contribution in [2.75, 3.05) is 18.4 Å². The van der Waals surface area contributed by atoms with Gasteiger partial charge in [-0.1, -0.05) is 30.3 Å². The van der Waals surface area contributed by atoms with Gasteiger partial charge in [0.15, 0.2) is 0 Å². The summed E-state index contributed by atoms with van der Waals surface area (Å²) in [5.41, 5.74) is 3.28. The maximum absolute atomic E-state index is 12.2. The smallest absolute Gasteiger partial charge is 0.279 e. The van der Waals surface area contributed by atoms with E-state index in [4.69, 9.17) is 0 Å². The van der Waals surface area contributed by atoms with E-state index in [1.165, 1.54) is 11.3 Å². The predicted octanol–water partition coefficient (Wildman–Crippen LogP) is 1.23. The number of fused-ring (bicyclic) bond motifs is 3. The van der Waals surface area contributed by atoms with E-state index in [2.05, 4.69) is 44.0 Å². The predicted molar refractivity (Wildman–Crippen MR) is 81.2 cm³/mol. The van der Waals surface area contributed by atoms with E-state index in [-0.39, 0.29) is 5.56 Å². The van der Waals surface area contributed by atoms with Crippen LogP contribution in [-0.2, 0) is 26.1 Å². The molecule has 1 aromatic heterocycles. The van der Waals surface area contributed by atoms with Gasteiger partial charge in [0.05, 0.1) is 5.56 Å². The topological polar surface area (TPSA) is 50.2 Å². The van der Waals surface area contributed by atoms with Crippen LogP contribution in [0.15, 0.2) is 35.1 Å². The van der Waals surface area contributed by atoms with Crippen LogP contribution < -0.4 is 10.9 Å². The average molecular weight is 282 g/mol. The number of anilines is 1. The van der Waals surface area contributed by atoms with Crippen LogP contribution >= 0.6 is 0 Å². The van der Waals surface area contributed by atoms with Crippen LogP contribution in [0.5, 0.6) is 0 Å². The molecule has 0 spiro atoms. The molecule has 2 aliphatic heterocycles. The third-order valence-electron chi connectivity index (χ3n) is 4.31. The van der Waals surface area contributed by atoms with E-state index in [1.54, 1.807) is 0 Å². The van der Waals surface area contributed by atoms with Crippen molar-refractivity contribution in [2.45, 2.75) is 26.1 Å². The van der Waals surface area contributed by atoms with E-state index in [0.717, 1.165) is 44.1 Å². The lowest BCUT2D eigenvalue weighted by atomic mass is 10.1. The molecule has 0 amide bonds. The number of nitrogens with one attached hydrogen (secondary N) is 1. The van der Waals surface area contributed by atoms with Gasteiger partial charge in [0, 0.05) is 44.8 Å². The molecule has 0 unspecified atom stereocenters. The van der Waals surface area contributed by atoms with Gasteiger partial charge in [-0.2, -0.15) is 4.98 Å². The summed E-state index contributed by atoms with van der Waals surface area (Å²) in [6.07, 6.45) is 0.925. The number of nitrogens with zero attached hydrogens (tertiary/aromatic N) is 3. The minimum Gasteiger partial charge on any atom is -0.354 e. The third-order valence-corrected chi connectivity index (χ3v) is 4.31. The molecule has 0 saturated carbocycles. The molecule has 0 atom stereocenters. The molecule has 4 rings (SSSR count). The van der Waals surface area contributed by atoms with Crippen LogP contribution in [-0.4, -0.2) is 27.5 Å². The lowest BCUT2D eigenvalue weighted by Gasteiger charge is -2.29. The molecule has 0 bridgehead atoms. The van der Waals surface area contributed by atoms with Gasteiger partial charge in [-0.25, -0.2) is 0 Å². The summed E-state index contributed by atoms with van der Waals surface area (Å²) in [4.78, 5) is 18.7. The first-order chi connectivity index (χ1) is 10.3. The molecule has 2 aliphatic rings. The number of hydrogen-bond acceptors (Lipinski definition) is 4. The van der Waals surface area contributed by atoms with E-state index in [0.29, 0.717) is 6.54 Å². The van der Waals surface area contributed by atoms with Crippen LogP contribution in [0.25, 0.3) is 0 Å². The standard InChI is InChI=1S/C16H18N4O/c21-15-13-11-19(10-12-4-2-1-3-5-12)8-6-14(13)20-9-7-17-16(20)18-15/h1-5H,6-11H2,(H,17,18,21). The highest BCUT2D eigenvalue weighted by Gasteiger charge is 2.25. The third kappa shape index (κ3) is 2.23. The maximum Gasteiger partial charge on any atom is 0.279 e. The molecular formula is C16H18N4O. The fourth-order valence-corrected chi connectivity index (χ4v) is 3.28. The van der Waals surface area contributed by atoms with E-state index >= 15 is 0 Å². The molecule has 0 aliphatic carbocycles. The average Bonchev–Trinajstić information content (AvgIpc) is 2.97. The molecule has 108 valence electrons. The van der Waals surface area contributed by atoms with Crippen LogP contribution in [0, 0.1) is 0 Å². The Labute approximate surface area is 123 Å². The Morgan fingerprint density at radius 1 is 1.19 bits per heavy atom. The zero-order chi connectivity index (χ0) is 14.2. The van der Waals surface area contributed by atoms with Crippen molar-refractivity contribution >= 4 is 5.95 Å². The fourth-order valence-electron chi connectivity index (χ4n) is 3.28. The molecule has 5 heteroatoms. The highest BCUT2D eigenvalue weighted by Crippen LogP contribution is 2.22. The van der Waals surface area contributed by atoms with Gasteiger partial charge in [-0.3, -0.25) is 9.69 Å². The normalized spacial score (nSPS) is 17.1. The maximum atomic E-state index is 12.2. The second-order valence-corrected chi connectivity index (χ2v) is 5.69. The monoisotopic (exact) mass is 282 g/mol. The van der Waals surface area contributed by atoms with Gasteiger partial charge in [0.1, 0.15) is 0 Å². The van der Waals surface area contributed by atoms with Gasteiger partial charge < -0.3 is 9.88 Å². The van der Waals surface area contributed by atoms with E-state index in [9.17, 15) is 4.79 Å². The number of rotatable bonds is 2. The largest absolute Gasteiger partial charge is 0.354 e. The molecule has 5 nitrogen and oxygen atoms in total. The Hall–Kier alpha value is -2.14. The Balaban J connectivity index is 1.62. The van der Waals surface area contributed by atoms with Gasteiger partial charge in [-0.15, -0.1) is 0 Å². The molecule has 0 radical (unpaired) electrons. The van der Waals surface area contributed by atoms with Crippen LogP contribution in [0.3, 0.4) is 0 Å². The Bertz CT molecular complexity index is 723. The fraction of sp³-hybridized carbons (Fsp3) is 0.375. The summed E-state index contributed by atoms with van der Waals surface area (Å²) in [6, 6.07) is 10.4. The lowest BCUT2D eigenvalue weighted by Crippen LogP contribution is -2.36. The van der Waals surface area contributed by atoms with E-state index < -0.39 is 0 Å². The lowest BCUT2D eigenvalue weighted by molar-refractivity contribution is 0.239. The van der Waals surface area contributed by atoms with Crippen molar-refractivity contribution in [3.63, 3.8) is 0 Å². The highest BCUT2D eigenvalue weighted by molar-refractivity contribution is 5.36. The molecule has 1 N–H and O–H groups in total. The summed E-state index contributed by atoms with van der Waals surface area (Å²) in [6.45, 7) is 4.38. The summed E-state index contributed by atoms with van der Waals surface area (Å²) < 4.78 is 2.18. The van der Waals surface area contributed by atoms with Crippen LogP contribution in [0.2, 0.25) is 0 Å². The van der Waals surface area contributed by atoms with Crippen molar-refractivity contribution in [3.05, 3.63) is 57.5 Å². The quantitative estimate of drug-likeness (QED) is 0.900. The van der Waals surface area contributed by atoms with Crippen molar-refractivity contribution < 1.29 is 0 Å². The Kier molecular flexibility index (Phi) is 3.00. The van der Waals surface area contributed by atoms with E-state index in [1.807, 2.05) is 6.07 Å². The molecule has 2 aromatic rings. The molecule has 0 fully saturated rings. The van der Waals surface area contributed by atoms with Crippen molar-refractivity contribution in [1.82, 2.24) is 14.5 Å². The van der Waals surface area contributed by atoms with Gasteiger partial charge in [0.25, 0.3) is 5.56 Å². The van der Waals surface area contributed by atoms with Gasteiger partial charge >= 0.3 is 0 Å². The SMILES string of the molecule is O=c1nc2n(c3c1CN(Cc1ccccc1)CC3)CCN2. The molecule has 3 heterocycles. The molecule has 1 aromatic carbocycles. The first-order valence-electron chi connectivity index (χ1n) is 7.44. The minimum atomic E-state index is -0.0663. The number of benzene rings is 1. The first-order valence-corrected chi connectivity index (χ1v) is 7.44. The highest BCUT2D eigenvalue weighted by atomic mass is 16.1. The second-order valence-electron chi connectivity index (χ2n) is 5.69. The summed E-state index contributed by atoms with van der Waals surface area (Å²) in [5.74, 6) is 0.746. The number of aromatic nitrogens is 2. The zero-order valence-electron chi connectivity index (χ0n) is 11.9. The molecular weight excluding hydrogens is 264 g/mol. The zero-order valence-corrected chi connectivity index (χ0v) is 11.9. The summed E-state index contributed by atoms with van der Waals surface area (Å²) in [5, 5.41) is 3.18. The second kappa shape index (κ2) is 5.00. The van der Waals surface area contributed by atoms with Crippen molar-refractivity contribution in [2.24, 2.45) is 0 Å². The van der Waals surface area contributed by atoms with Crippen LogP contribution in [0.1, 0.15) is 16.8 Å². The van der Waals surface area contributed by atoms with Gasteiger partial charge in [-0.05, 0) is 5.56 Å².